The van der Waals surface area contributed by atoms with Crippen molar-refractivity contribution in [3.8, 4) is 5.69 Å². The Bertz CT molecular complexity index is 852. The number of aromatic nitrogens is 1. The Morgan fingerprint density at radius 2 is 1.57 bits per heavy atom. The summed E-state index contributed by atoms with van der Waals surface area (Å²) in [4.78, 5) is 4.62. The Hall–Kier alpha value is -2.61. The molecule has 2 heteroatoms. The highest BCUT2D eigenvalue weighted by Crippen LogP contribution is 2.21. The summed E-state index contributed by atoms with van der Waals surface area (Å²) >= 11 is 0. The molecule has 1 aromatic heterocycles. The summed E-state index contributed by atoms with van der Waals surface area (Å²) in [5.74, 6) is 0. The van der Waals surface area contributed by atoms with E-state index in [2.05, 4.69) is 79.7 Å². The number of benzene rings is 2. The number of hydrogen-bond acceptors (Lipinski definition) is 1. The molecule has 0 aliphatic rings. The van der Waals surface area contributed by atoms with E-state index in [4.69, 9.17) is 0 Å². The first-order valence-electron chi connectivity index (χ1n) is 7.91. The van der Waals surface area contributed by atoms with Gasteiger partial charge in [0.15, 0.2) is 0 Å². The average Bonchev–Trinajstić information content (AvgIpc) is 2.81. The zero-order chi connectivity index (χ0) is 16.4. The van der Waals surface area contributed by atoms with E-state index in [9.17, 15) is 0 Å². The fourth-order valence-electron chi connectivity index (χ4n) is 2.86. The lowest BCUT2D eigenvalue weighted by molar-refractivity contribution is 0.964. The quantitative estimate of drug-likeness (QED) is 0.571. The molecular formula is C21H22N2. The Morgan fingerprint density at radius 1 is 0.826 bits per heavy atom. The third-order valence-corrected chi connectivity index (χ3v) is 4.12. The van der Waals surface area contributed by atoms with Crippen molar-refractivity contribution in [2.75, 3.05) is 0 Å². The highest BCUT2D eigenvalue weighted by atomic mass is 15.0. The minimum absolute atomic E-state index is 0.991. The molecule has 0 aliphatic carbocycles. The maximum absolute atomic E-state index is 4.62. The van der Waals surface area contributed by atoms with Crippen LogP contribution >= 0.6 is 0 Å². The van der Waals surface area contributed by atoms with Gasteiger partial charge >= 0.3 is 0 Å². The summed E-state index contributed by atoms with van der Waals surface area (Å²) < 4.78 is 2.27. The van der Waals surface area contributed by atoms with E-state index in [0.717, 1.165) is 11.3 Å². The van der Waals surface area contributed by atoms with Crippen molar-refractivity contribution in [3.63, 3.8) is 0 Å². The molecular weight excluding hydrogens is 280 g/mol. The standard InChI is InChI=1S/C21H22N2/c1-15-8-10-21(11-9-15)23-17(3)13-19(18(23)4)14-22-20-7-5-6-16(2)12-20/h5-14H,1-4H3. The highest BCUT2D eigenvalue weighted by molar-refractivity contribution is 5.84. The summed E-state index contributed by atoms with van der Waals surface area (Å²) in [7, 11) is 0. The van der Waals surface area contributed by atoms with Crippen LogP contribution < -0.4 is 0 Å². The lowest BCUT2D eigenvalue weighted by Crippen LogP contribution is -1.99. The fourth-order valence-corrected chi connectivity index (χ4v) is 2.86. The second kappa shape index (κ2) is 6.25. The van der Waals surface area contributed by atoms with Gasteiger partial charge in [0.1, 0.15) is 0 Å². The predicted molar refractivity (Wildman–Crippen MR) is 98.4 cm³/mol. The molecule has 0 spiro atoms. The maximum Gasteiger partial charge on any atom is 0.0632 e. The first-order valence-corrected chi connectivity index (χ1v) is 7.91. The van der Waals surface area contributed by atoms with E-state index < -0.39 is 0 Å². The molecule has 0 saturated carbocycles. The normalized spacial score (nSPS) is 11.3. The van der Waals surface area contributed by atoms with Gasteiger partial charge in [-0.2, -0.15) is 0 Å². The minimum Gasteiger partial charge on any atom is -0.318 e. The first-order chi connectivity index (χ1) is 11.0. The SMILES string of the molecule is Cc1ccc(-n2c(C)cc(C=Nc3cccc(C)c3)c2C)cc1. The number of rotatable bonds is 3. The molecule has 0 atom stereocenters. The van der Waals surface area contributed by atoms with Gasteiger partial charge in [-0.25, -0.2) is 0 Å². The van der Waals surface area contributed by atoms with E-state index in [0.29, 0.717) is 0 Å². The molecule has 1 heterocycles. The monoisotopic (exact) mass is 302 g/mol. The van der Waals surface area contributed by atoms with E-state index in [-0.39, 0.29) is 0 Å². The molecule has 0 unspecified atom stereocenters. The van der Waals surface area contributed by atoms with Crippen LogP contribution in [0.25, 0.3) is 5.69 Å². The van der Waals surface area contributed by atoms with Gasteiger partial charge < -0.3 is 4.57 Å². The lowest BCUT2D eigenvalue weighted by Gasteiger charge is -2.09. The maximum atomic E-state index is 4.62. The van der Waals surface area contributed by atoms with Gasteiger partial charge in [0, 0.05) is 28.9 Å². The molecule has 23 heavy (non-hydrogen) atoms. The summed E-state index contributed by atoms with van der Waals surface area (Å²) in [6.45, 7) is 8.47. The van der Waals surface area contributed by atoms with Crippen molar-refractivity contribution in [3.05, 3.63) is 82.7 Å². The first kappa shape index (κ1) is 15.3. The van der Waals surface area contributed by atoms with Crippen LogP contribution in [0, 0.1) is 27.7 Å². The Labute approximate surface area is 138 Å². The third-order valence-electron chi connectivity index (χ3n) is 4.12. The minimum atomic E-state index is 0.991. The summed E-state index contributed by atoms with van der Waals surface area (Å²) in [6, 6.07) is 19.1. The second-order valence-electron chi connectivity index (χ2n) is 6.09. The van der Waals surface area contributed by atoms with Gasteiger partial charge in [0.25, 0.3) is 0 Å². The molecule has 2 nitrogen and oxygen atoms in total. The molecule has 116 valence electrons. The van der Waals surface area contributed by atoms with Crippen LogP contribution in [0.1, 0.15) is 28.1 Å². The van der Waals surface area contributed by atoms with Crippen LogP contribution in [0.15, 0.2) is 59.6 Å². The van der Waals surface area contributed by atoms with Crippen molar-refractivity contribution < 1.29 is 0 Å². The van der Waals surface area contributed by atoms with Crippen LogP contribution in [-0.4, -0.2) is 10.8 Å². The average molecular weight is 302 g/mol. The molecule has 0 N–H and O–H groups in total. The summed E-state index contributed by atoms with van der Waals surface area (Å²) in [5, 5.41) is 0. The van der Waals surface area contributed by atoms with Gasteiger partial charge in [-0.1, -0.05) is 29.8 Å². The van der Waals surface area contributed by atoms with Crippen molar-refractivity contribution in [1.82, 2.24) is 4.57 Å². The largest absolute Gasteiger partial charge is 0.318 e. The molecule has 0 fully saturated rings. The third kappa shape index (κ3) is 3.26. The molecule has 2 aromatic carbocycles. The van der Waals surface area contributed by atoms with Gasteiger partial charge in [0.2, 0.25) is 0 Å². The Balaban J connectivity index is 1.96. The van der Waals surface area contributed by atoms with E-state index in [1.807, 2.05) is 18.3 Å². The fraction of sp³-hybridized carbons (Fsp3) is 0.190. The molecule has 0 saturated heterocycles. The van der Waals surface area contributed by atoms with E-state index in [1.54, 1.807) is 0 Å². The topological polar surface area (TPSA) is 17.3 Å². The summed E-state index contributed by atoms with van der Waals surface area (Å²) in [5.41, 5.74) is 8.28. The summed E-state index contributed by atoms with van der Waals surface area (Å²) in [6.07, 6.45) is 1.96. The molecule has 3 rings (SSSR count). The number of nitrogens with zero attached hydrogens (tertiary/aromatic N) is 2. The molecule has 0 bridgehead atoms. The van der Waals surface area contributed by atoms with Crippen LogP contribution in [-0.2, 0) is 0 Å². The van der Waals surface area contributed by atoms with Crippen molar-refractivity contribution in [2.24, 2.45) is 4.99 Å². The predicted octanol–water partition coefficient (Wildman–Crippen LogP) is 5.46. The van der Waals surface area contributed by atoms with Gasteiger partial charge in [-0.3, -0.25) is 4.99 Å². The molecule has 3 aromatic rings. The van der Waals surface area contributed by atoms with E-state index >= 15 is 0 Å². The van der Waals surface area contributed by atoms with Crippen molar-refractivity contribution in [2.45, 2.75) is 27.7 Å². The molecule has 0 radical (unpaired) electrons. The van der Waals surface area contributed by atoms with Gasteiger partial charge in [-0.15, -0.1) is 0 Å². The van der Waals surface area contributed by atoms with E-state index in [1.165, 1.54) is 28.2 Å². The highest BCUT2D eigenvalue weighted by Gasteiger charge is 2.09. The number of aryl methyl sites for hydroxylation is 3. The lowest BCUT2D eigenvalue weighted by atomic mass is 10.2. The zero-order valence-corrected chi connectivity index (χ0v) is 14.2. The van der Waals surface area contributed by atoms with Crippen molar-refractivity contribution >= 4 is 11.9 Å². The number of aliphatic imine (C=N–C) groups is 1. The second-order valence-corrected chi connectivity index (χ2v) is 6.09. The van der Waals surface area contributed by atoms with Gasteiger partial charge in [-0.05, 0) is 63.6 Å². The molecule has 0 aliphatic heterocycles. The Morgan fingerprint density at radius 3 is 2.26 bits per heavy atom. The van der Waals surface area contributed by atoms with Crippen LogP contribution in [0.2, 0.25) is 0 Å². The number of hydrogen-bond donors (Lipinski definition) is 0. The van der Waals surface area contributed by atoms with Crippen LogP contribution in [0.5, 0.6) is 0 Å². The Kier molecular flexibility index (Phi) is 4.16. The van der Waals surface area contributed by atoms with Gasteiger partial charge in [0.05, 0.1) is 5.69 Å². The zero-order valence-electron chi connectivity index (χ0n) is 14.2. The van der Waals surface area contributed by atoms with Crippen molar-refractivity contribution in [1.29, 1.82) is 0 Å². The van der Waals surface area contributed by atoms with Crippen LogP contribution in [0.4, 0.5) is 5.69 Å². The molecule has 0 amide bonds. The van der Waals surface area contributed by atoms with Crippen LogP contribution in [0.3, 0.4) is 0 Å². The smallest absolute Gasteiger partial charge is 0.0632 e.